The number of benzene rings is 2. The number of carbonyl (C=O) groups excluding carboxylic acids is 1. The molecule has 2 aromatic carbocycles. The fourth-order valence-electron chi connectivity index (χ4n) is 1.33. The summed E-state index contributed by atoms with van der Waals surface area (Å²) in [5, 5.41) is 6.76. The van der Waals surface area contributed by atoms with E-state index in [0.29, 0.717) is 12.1 Å². The zero-order valence-corrected chi connectivity index (χ0v) is 14.2. The smallest absolute Gasteiger partial charge is 0.00885 e. The van der Waals surface area contributed by atoms with E-state index in [1.165, 1.54) is 5.56 Å². The number of rotatable bonds is 2. The summed E-state index contributed by atoms with van der Waals surface area (Å²) in [5.74, 6) is 0. The van der Waals surface area contributed by atoms with Crippen LogP contribution in [0.25, 0.3) is 5.41 Å². The minimum absolute atomic E-state index is 0. The molecule has 2 aromatic rings. The van der Waals surface area contributed by atoms with Gasteiger partial charge in [-0.05, 0) is 27.1 Å². The van der Waals surface area contributed by atoms with E-state index in [1.807, 2.05) is 54.6 Å². The molecular formula is C17H20N2ORu-2. The summed E-state index contributed by atoms with van der Waals surface area (Å²) in [6.45, 7) is 2.17. The molecule has 0 N–H and O–H groups in total. The second-order valence-corrected chi connectivity index (χ2v) is 4.20. The van der Waals surface area contributed by atoms with Crippen LogP contribution in [0.15, 0.2) is 60.7 Å². The molecule has 4 heteroatoms. The van der Waals surface area contributed by atoms with Gasteiger partial charge in [-0.25, -0.2) is 0 Å². The first-order chi connectivity index (χ1) is 9.63. The van der Waals surface area contributed by atoms with Crippen LogP contribution >= 0.6 is 0 Å². The molecule has 0 saturated carbocycles. The van der Waals surface area contributed by atoms with Crippen molar-refractivity contribution in [3.05, 3.63) is 77.7 Å². The SMILES string of the molecule is CC(c1[c-]cccc1)N(C)C.[N-]=C=O.[Ru].c1ccccc1. The Morgan fingerprint density at radius 2 is 1.48 bits per heavy atom. The average molecular weight is 369 g/mol. The average Bonchev–Trinajstić information content (AvgIpc) is 2.50. The van der Waals surface area contributed by atoms with Crippen LogP contribution in [0.3, 0.4) is 0 Å². The van der Waals surface area contributed by atoms with Gasteiger partial charge in [-0.15, -0.1) is 5.56 Å². The molecule has 0 heterocycles. The molecule has 1 atom stereocenters. The fourth-order valence-corrected chi connectivity index (χ4v) is 1.33. The van der Waals surface area contributed by atoms with Gasteiger partial charge < -0.3 is 10.3 Å². The third kappa shape index (κ3) is 11.9. The van der Waals surface area contributed by atoms with Crippen LogP contribution in [-0.2, 0) is 24.3 Å². The first-order valence-corrected chi connectivity index (χ1v) is 6.27. The molecule has 114 valence electrons. The molecular weight excluding hydrogens is 349 g/mol. The molecule has 0 saturated heterocycles. The molecule has 2 rings (SSSR count). The predicted octanol–water partition coefficient (Wildman–Crippen LogP) is 3.69. The maximum Gasteiger partial charge on any atom is 0.00885 e. The Bertz CT molecular complexity index is 442. The van der Waals surface area contributed by atoms with Crippen LogP contribution in [0.2, 0.25) is 0 Å². The van der Waals surface area contributed by atoms with E-state index in [1.54, 1.807) is 0 Å². The van der Waals surface area contributed by atoms with E-state index in [9.17, 15) is 0 Å². The topological polar surface area (TPSA) is 42.6 Å². The van der Waals surface area contributed by atoms with E-state index < -0.39 is 0 Å². The molecule has 0 aliphatic rings. The van der Waals surface area contributed by atoms with Crippen molar-refractivity contribution < 1.29 is 24.3 Å². The first-order valence-electron chi connectivity index (χ1n) is 6.27. The third-order valence-electron chi connectivity index (χ3n) is 2.62. The van der Waals surface area contributed by atoms with Crippen molar-refractivity contribution in [2.24, 2.45) is 0 Å². The van der Waals surface area contributed by atoms with Crippen LogP contribution in [0, 0.1) is 6.07 Å². The Morgan fingerprint density at radius 1 is 1.05 bits per heavy atom. The maximum absolute atomic E-state index is 8.24. The van der Waals surface area contributed by atoms with Gasteiger partial charge in [-0.2, -0.15) is 30.3 Å². The van der Waals surface area contributed by atoms with Gasteiger partial charge >= 0.3 is 0 Å². The van der Waals surface area contributed by atoms with Crippen molar-refractivity contribution in [3.63, 3.8) is 0 Å². The Morgan fingerprint density at radius 3 is 1.76 bits per heavy atom. The summed E-state index contributed by atoms with van der Waals surface area (Å²) < 4.78 is 0. The zero-order valence-electron chi connectivity index (χ0n) is 12.5. The van der Waals surface area contributed by atoms with Gasteiger partial charge in [-0.1, -0.05) is 36.4 Å². The molecule has 0 aliphatic carbocycles. The predicted molar refractivity (Wildman–Crippen MR) is 82.9 cm³/mol. The van der Waals surface area contributed by atoms with Crippen molar-refractivity contribution in [2.75, 3.05) is 14.1 Å². The molecule has 21 heavy (non-hydrogen) atoms. The number of nitrogens with zero attached hydrogens (tertiary/aromatic N) is 2. The van der Waals surface area contributed by atoms with E-state index in [4.69, 9.17) is 10.2 Å². The Labute approximate surface area is 140 Å². The molecule has 1 unspecified atom stereocenters. The van der Waals surface area contributed by atoms with Crippen molar-refractivity contribution in [3.8, 4) is 0 Å². The molecule has 0 aliphatic heterocycles. The minimum atomic E-state index is 0. The van der Waals surface area contributed by atoms with Gasteiger partial charge in [0.2, 0.25) is 0 Å². The van der Waals surface area contributed by atoms with Crippen molar-refractivity contribution in [2.45, 2.75) is 13.0 Å². The zero-order chi connectivity index (χ0) is 15.2. The second-order valence-electron chi connectivity index (χ2n) is 4.20. The fraction of sp³-hybridized carbons (Fsp3) is 0.235. The molecule has 0 fully saturated rings. The van der Waals surface area contributed by atoms with Gasteiger partial charge in [0.25, 0.3) is 0 Å². The van der Waals surface area contributed by atoms with E-state index >= 15 is 0 Å². The summed E-state index contributed by atoms with van der Waals surface area (Å²) in [6, 6.07) is 23.8. The summed E-state index contributed by atoms with van der Waals surface area (Å²) in [5.41, 5.74) is 1.25. The summed E-state index contributed by atoms with van der Waals surface area (Å²) in [6.07, 6.45) is 0.500. The van der Waals surface area contributed by atoms with E-state index in [-0.39, 0.29) is 19.5 Å². The summed E-state index contributed by atoms with van der Waals surface area (Å²) >= 11 is 0. The summed E-state index contributed by atoms with van der Waals surface area (Å²) in [4.78, 5) is 10.4. The molecule has 0 radical (unpaired) electrons. The van der Waals surface area contributed by atoms with Crippen molar-refractivity contribution in [1.29, 1.82) is 0 Å². The van der Waals surface area contributed by atoms with Crippen LogP contribution in [0.1, 0.15) is 18.5 Å². The van der Waals surface area contributed by atoms with E-state index in [2.05, 4.69) is 38.1 Å². The van der Waals surface area contributed by atoms with Gasteiger partial charge in [0.1, 0.15) is 0 Å². The largest absolute Gasteiger partial charge is 0.724 e. The van der Waals surface area contributed by atoms with Gasteiger partial charge in [0.15, 0.2) is 0 Å². The number of hydrogen-bond donors (Lipinski definition) is 0. The Kier molecular flexibility index (Phi) is 15.3. The van der Waals surface area contributed by atoms with Gasteiger partial charge in [-0.3, -0.25) is 4.79 Å². The van der Waals surface area contributed by atoms with Crippen molar-refractivity contribution >= 4 is 6.08 Å². The molecule has 0 spiro atoms. The molecule has 0 aromatic heterocycles. The van der Waals surface area contributed by atoms with Crippen molar-refractivity contribution in [1.82, 2.24) is 4.90 Å². The first kappa shape index (κ1) is 21.7. The molecule has 0 amide bonds. The minimum Gasteiger partial charge on any atom is -0.724 e. The van der Waals surface area contributed by atoms with Crippen LogP contribution in [0.4, 0.5) is 0 Å². The second kappa shape index (κ2) is 14.8. The monoisotopic (exact) mass is 370 g/mol. The van der Waals surface area contributed by atoms with Crippen LogP contribution in [0.5, 0.6) is 0 Å². The molecule has 0 bridgehead atoms. The van der Waals surface area contributed by atoms with Gasteiger partial charge in [0.05, 0.1) is 0 Å². The number of isocyanates is 1. The molecule has 3 nitrogen and oxygen atoms in total. The van der Waals surface area contributed by atoms with Crippen LogP contribution < -0.4 is 0 Å². The number of hydrogen-bond acceptors (Lipinski definition) is 2. The maximum atomic E-state index is 8.24. The third-order valence-corrected chi connectivity index (χ3v) is 2.62. The standard InChI is InChI=1S/C10H14N.C6H6.CNO.Ru/c1-9(11(2)3)10-7-5-4-6-8-10;1-2-4-6-5-3-1;2-1-3;/h4-7,9H,1-3H3;1-6H;;/q-1;;-1;. The van der Waals surface area contributed by atoms with Gasteiger partial charge in [0, 0.05) is 25.5 Å². The van der Waals surface area contributed by atoms with Crippen LogP contribution in [-0.4, -0.2) is 25.1 Å². The Balaban J connectivity index is 0. The Hall–Kier alpha value is -1.60. The quantitative estimate of drug-likeness (QED) is 0.351. The van der Waals surface area contributed by atoms with E-state index in [0.717, 1.165) is 0 Å². The normalized spacial score (nSPS) is 9.71. The summed E-state index contributed by atoms with van der Waals surface area (Å²) in [7, 11) is 4.15.